The summed E-state index contributed by atoms with van der Waals surface area (Å²) in [5, 5.41) is 9.16. The van der Waals surface area contributed by atoms with Crippen molar-refractivity contribution in [1.82, 2.24) is 0 Å². The third-order valence-corrected chi connectivity index (χ3v) is 5.17. The molecule has 30 heavy (non-hydrogen) atoms. The Morgan fingerprint density at radius 3 is 2.43 bits per heavy atom. The number of quaternary nitrogens is 1. The molecule has 3 rings (SSSR count). The van der Waals surface area contributed by atoms with Gasteiger partial charge in [0.25, 0.3) is 0 Å². The second-order valence-corrected chi connectivity index (χ2v) is 7.24. The van der Waals surface area contributed by atoms with Crippen LogP contribution in [0.15, 0.2) is 66.2 Å². The number of rotatable bonds is 7. The zero-order valence-corrected chi connectivity index (χ0v) is 17.4. The topological polar surface area (TPSA) is 57.8 Å². The average molecular weight is 403 g/mol. The lowest BCUT2D eigenvalue weighted by Gasteiger charge is -2.33. The van der Waals surface area contributed by atoms with E-state index < -0.39 is 5.97 Å². The van der Waals surface area contributed by atoms with E-state index in [0.717, 1.165) is 38.3 Å². The van der Waals surface area contributed by atoms with Gasteiger partial charge in [0.15, 0.2) is 0 Å². The molecule has 1 aliphatic rings. The van der Waals surface area contributed by atoms with Gasteiger partial charge in [0.05, 0.1) is 39.3 Å². The highest BCUT2D eigenvalue weighted by molar-refractivity contribution is 5.97. The lowest BCUT2D eigenvalue weighted by atomic mass is 10.1. The van der Waals surface area contributed by atoms with Crippen LogP contribution in [0.2, 0.25) is 0 Å². The van der Waals surface area contributed by atoms with Gasteiger partial charge in [-0.1, -0.05) is 48.5 Å². The Labute approximate surface area is 178 Å². The SMILES string of the molecule is CCOC(=O)/C(C#N)=C\c1ccc(N2CC[NH+](C/C=C/c3ccccc3)CC2)cc1. The van der Waals surface area contributed by atoms with E-state index in [1.165, 1.54) is 11.3 Å². The fourth-order valence-electron chi connectivity index (χ4n) is 3.50. The molecule has 1 fully saturated rings. The Morgan fingerprint density at radius 1 is 1.10 bits per heavy atom. The molecule has 5 heteroatoms. The first kappa shape index (κ1) is 21.4. The molecule has 0 aliphatic carbocycles. The maximum atomic E-state index is 11.8. The molecular weight excluding hydrogens is 374 g/mol. The van der Waals surface area contributed by atoms with E-state index in [4.69, 9.17) is 10.00 Å². The Hall–Kier alpha value is -3.36. The molecule has 0 saturated carbocycles. The summed E-state index contributed by atoms with van der Waals surface area (Å²) in [6.45, 7) is 7.24. The molecule has 0 amide bonds. The van der Waals surface area contributed by atoms with Gasteiger partial charge in [0, 0.05) is 5.69 Å². The lowest BCUT2D eigenvalue weighted by molar-refractivity contribution is -0.894. The number of carbonyl (C=O) groups excluding carboxylic acids is 1. The van der Waals surface area contributed by atoms with Crippen LogP contribution in [0.25, 0.3) is 12.2 Å². The van der Waals surface area contributed by atoms with Crippen molar-refractivity contribution in [1.29, 1.82) is 5.26 Å². The number of hydrogen-bond donors (Lipinski definition) is 1. The van der Waals surface area contributed by atoms with Gasteiger partial charge in [-0.2, -0.15) is 5.26 Å². The first-order chi connectivity index (χ1) is 14.7. The van der Waals surface area contributed by atoms with Crippen molar-refractivity contribution in [2.24, 2.45) is 0 Å². The summed E-state index contributed by atoms with van der Waals surface area (Å²) >= 11 is 0. The molecule has 2 aromatic rings. The molecule has 1 aliphatic heterocycles. The van der Waals surface area contributed by atoms with Crippen LogP contribution in [-0.4, -0.2) is 45.3 Å². The van der Waals surface area contributed by atoms with Crippen molar-refractivity contribution >= 4 is 23.8 Å². The molecular formula is C25H28N3O2+. The van der Waals surface area contributed by atoms with E-state index in [1.54, 1.807) is 17.9 Å². The average Bonchev–Trinajstić information content (AvgIpc) is 2.79. The summed E-state index contributed by atoms with van der Waals surface area (Å²) in [5.74, 6) is -0.579. The Morgan fingerprint density at radius 2 is 1.80 bits per heavy atom. The van der Waals surface area contributed by atoms with Gasteiger partial charge in [-0.15, -0.1) is 0 Å². The van der Waals surface area contributed by atoms with Crippen LogP contribution >= 0.6 is 0 Å². The minimum absolute atomic E-state index is 0.0189. The summed E-state index contributed by atoms with van der Waals surface area (Å²) in [6, 6.07) is 20.3. The zero-order valence-electron chi connectivity index (χ0n) is 17.4. The van der Waals surface area contributed by atoms with E-state index in [2.05, 4.69) is 41.3 Å². The number of anilines is 1. The fourth-order valence-corrected chi connectivity index (χ4v) is 3.50. The molecule has 0 radical (unpaired) electrons. The highest BCUT2D eigenvalue weighted by Gasteiger charge is 2.19. The molecule has 0 unspecified atom stereocenters. The van der Waals surface area contributed by atoms with Crippen LogP contribution < -0.4 is 9.80 Å². The van der Waals surface area contributed by atoms with E-state index in [-0.39, 0.29) is 12.2 Å². The number of hydrogen-bond acceptors (Lipinski definition) is 4. The van der Waals surface area contributed by atoms with E-state index >= 15 is 0 Å². The van der Waals surface area contributed by atoms with Crippen LogP contribution in [0.1, 0.15) is 18.1 Å². The van der Waals surface area contributed by atoms with Crippen molar-refractivity contribution in [2.75, 3.05) is 44.2 Å². The predicted molar refractivity (Wildman–Crippen MR) is 120 cm³/mol. The van der Waals surface area contributed by atoms with Gasteiger partial charge in [-0.3, -0.25) is 0 Å². The van der Waals surface area contributed by atoms with Crippen molar-refractivity contribution in [3.63, 3.8) is 0 Å². The molecule has 0 bridgehead atoms. The van der Waals surface area contributed by atoms with Gasteiger partial charge in [-0.05, 0) is 42.3 Å². The van der Waals surface area contributed by atoms with Gasteiger partial charge in [0.1, 0.15) is 11.6 Å². The predicted octanol–water partition coefficient (Wildman–Crippen LogP) is 2.57. The quantitative estimate of drug-likeness (QED) is 0.439. The summed E-state index contributed by atoms with van der Waals surface area (Å²) in [5.41, 5.74) is 3.25. The van der Waals surface area contributed by atoms with Crippen molar-refractivity contribution in [3.05, 3.63) is 77.4 Å². The first-order valence-electron chi connectivity index (χ1n) is 10.4. The standard InChI is InChI=1S/C25H27N3O2/c1-2-30-25(29)23(20-26)19-22-10-12-24(13-11-22)28-17-15-27(16-18-28)14-6-9-21-7-4-3-5-8-21/h3-13,19H,2,14-18H2,1H3/p+1/b9-6+,23-19-. The number of benzene rings is 2. The third kappa shape index (κ3) is 6.07. The molecule has 1 heterocycles. The van der Waals surface area contributed by atoms with Gasteiger partial charge >= 0.3 is 5.97 Å². The lowest BCUT2D eigenvalue weighted by Crippen LogP contribution is -3.14. The smallest absolute Gasteiger partial charge is 0.348 e. The Balaban J connectivity index is 1.51. The summed E-state index contributed by atoms with van der Waals surface area (Å²) < 4.78 is 4.90. The second-order valence-electron chi connectivity index (χ2n) is 7.24. The minimum atomic E-state index is -0.579. The highest BCUT2D eigenvalue weighted by Crippen LogP contribution is 2.17. The Kier molecular flexibility index (Phi) is 7.82. The number of carbonyl (C=O) groups is 1. The normalized spacial score (nSPS) is 15.2. The summed E-state index contributed by atoms with van der Waals surface area (Å²) in [4.78, 5) is 15.7. The first-order valence-corrected chi connectivity index (χ1v) is 10.4. The van der Waals surface area contributed by atoms with Crippen LogP contribution in [0, 0.1) is 11.3 Å². The van der Waals surface area contributed by atoms with Crippen LogP contribution in [0.3, 0.4) is 0 Å². The third-order valence-electron chi connectivity index (χ3n) is 5.17. The monoisotopic (exact) mass is 402 g/mol. The Bertz CT molecular complexity index is 919. The maximum absolute atomic E-state index is 11.8. The summed E-state index contributed by atoms with van der Waals surface area (Å²) in [6.07, 6.45) is 6.03. The largest absolute Gasteiger partial charge is 0.462 e. The number of nitrogens with zero attached hydrogens (tertiary/aromatic N) is 2. The maximum Gasteiger partial charge on any atom is 0.348 e. The van der Waals surface area contributed by atoms with E-state index in [1.807, 2.05) is 36.4 Å². The number of esters is 1. The van der Waals surface area contributed by atoms with Crippen LogP contribution in [0.5, 0.6) is 0 Å². The number of nitriles is 1. The molecule has 5 nitrogen and oxygen atoms in total. The van der Waals surface area contributed by atoms with E-state index in [0.29, 0.717) is 0 Å². The second kappa shape index (κ2) is 11.0. The number of nitrogens with one attached hydrogen (secondary N) is 1. The van der Waals surface area contributed by atoms with Crippen molar-refractivity contribution < 1.29 is 14.4 Å². The van der Waals surface area contributed by atoms with Crippen LogP contribution in [0.4, 0.5) is 5.69 Å². The van der Waals surface area contributed by atoms with Gasteiger partial charge in [-0.25, -0.2) is 4.79 Å². The number of piperazine rings is 1. The molecule has 0 atom stereocenters. The molecule has 2 aromatic carbocycles. The number of ether oxygens (including phenoxy) is 1. The van der Waals surface area contributed by atoms with Crippen LogP contribution in [-0.2, 0) is 9.53 Å². The van der Waals surface area contributed by atoms with Crippen molar-refractivity contribution in [2.45, 2.75) is 6.92 Å². The van der Waals surface area contributed by atoms with Crippen molar-refractivity contribution in [3.8, 4) is 6.07 Å². The zero-order chi connectivity index (χ0) is 21.2. The molecule has 1 saturated heterocycles. The molecule has 0 aromatic heterocycles. The molecule has 154 valence electrons. The molecule has 0 spiro atoms. The summed E-state index contributed by atoms with van der Waals surface area (Å²) in [7, 11) is 0. The van der Waals surface area contributed by atoms with E-state index in [9.17, 15) is 4.79 Å². The van der Waals surface area contributed by atoms with Gasteiger partial charge in [0.2, 0.25) is 0 Å². The highest BCUT2D eigenvalue weighted by atomic mass is 16.5. The minimum Gasteiger partial charge on any atom is -0.462 e. The van der Waals surface area contributed by atoms with Gasteiger partial charge < -0.3 is 14.5 Å². The molecule has 1 N–H and O–H groups in total. The fraction of sp³-hybridized carbons (Fsp3) is 0.280.